The summed E-state index contributed by atoms with van der Waals surface area (Å²) in [5.74, 6) is -2.98. The Morgan fingerprint density at radius 3 is 2.62 bits per heavy atom. The van der Waals surface area contributed by atoms with Crippen molar-refractivity contribution in [3.05, 3.63) is 12.2 Å². The maximum absolute atomic E-state index is 12.9. The molecule has 0 fully saturated rings. The van der Waals surface area contributed by atoms with Crippen LogP contribution < -0.4 is 0 Å². The van der Waals surface area contributed by atoms with Crippen LogP contribution in [-0.4, -0.2) is 18.5 Å². The SMILES string of the molecule is CCCC(F)(F)/C=C\CCCCOC(C)=O. The highest BCUT2D eigenvalue weighted by Crippen LogP contribution is 2.21. The number of allylic oxidation sites excluding steroid dienone is 2. The molecule has 0 radical (unpaired) electrons. The van der Waals surface area contributed by atoms with Crippen molar-refractivity contribution in [1.29, 1.82) is 0 Å². The zero-order valence-electron chi connectivity index (χ0n) is 9.97. The van der Waals surface area contributed by atoms with Crippen molar-refractivity contribution in [2.24, 2.45) is 0 Å². The van der Waals surface area contributed by atoms with Crippen LogP contribution in [0.15, 0.2) is 12.2 Å². The third-order valence-corrected chi connectivity index (χ3v) is 2.02. The molecule has 0 saturated carbocycles. The summed E-state index contributed by atoms with van der Waals surface area (Å²) in [5.41, 5.74) is 0. The number of hydrogen-bond acceptors (Lipinski definition) is 2. The molecule has 0 aliphatic heterocycles. The molecule has 0 N–H and O–H groups in total. The van der Waals surface area contributed by atoms with Crippen molar-refractivity contribution in [3.8, 4) is 0 Å². The Morgan fingerprint density at radius 2 is 2.06 bits per heavy atom. The molecule has 0 bridgehead atoms. The first-order valence-corrected chi connectivity index (χ1v) is 5.67. The van der Waals surface area contributed by atoms with Crippen LogP contribution in [0.2, 0.25) is 0 Å². The zero-order valence-corrected chi connectivity index (χ0v) is 9.97. The van der Waals surface area contributed by atoms with E-state index in [1.54, 1.807) is 6.92 Å². The van der Waals surface area contributed by atoms with Gasteiger partial charge >= 0.3 is 5.97 Å². The van der Waals surface area contributed by atoms with Crippen molar-refractivity contribution >= 4 is 5.97 Å². The van der Waals surface area contributed by atoms with Crippen LogP contribution in [0, 0.1) is 0 Å². The number of esters is 1. The molecular formula is C12H20F2O2. The molecule has 4 heteroatoms. The minimum absolute atomic E-state index is 0.100. The van der Waals surface area contributed by atoms with Gasteiger partial charge in [0.05, 0.1) is 6.61 Å². The predicted octanol–water partition coefficient (Wildman–Crippen LogP) is 3.71. The van der Waals surface area contributed by atoms with Gasteiger partial charge in [-0.1, -0.05) is 19.4 Å². The molecule has 0 saturated heterocycles. The normalized spacial score (nSPS) is 12.0. The van der Waals surface area contributed by atoms with Gasteiger partial charge in [0, 0.05) is 13.3 Å². The molecule has 0 spiro atoms. The Morgan fingerprint density at radius 1 is 1.38 bits per heavy atom. The van der Waals surface area contributed by atoms with Crippen LogP contribution in [0.3, 0.4) is 0 Å². The minimum atomic E-state index is -2.68. The second-order valence-electron chi connectivity index (χ2n) is 3.75. The van der Waals surface area contributed by atoms with E-state index in [9.17, 15) is 13.6 Å². The molecule has 0 atom stereocenters. The van der Waals surface area contributed by atoms with Crippen LogP contribution in [0.4, 0.5) is 8.78 Å². The Balaban J connectivity index is 3.50. The molecule has 0 unspecified atom stereocenters. The maximum Gasteiger partial charge on any atom is 0.302 e. The number of unbranched alkanes of at least 4 members (excludes halogenated alkanes) is 2. The van der Waals surface area contributed by atoms with Crippen LogP contribution in [0.25, 0.3) is 0 Å². The lowest BCUT2D eigenvalue weighted by Crippen LogP contribution is -2.10. The van der Waals surface area contributed by atoms with Crippen molar-refractivity contribution in [1.82, 2.24) is 0 Å². The smallest absolute Gasteiger partial charge is 0.302 e. The third-order valence-electron chi connectivity index (χ3n) is 2.02. The number of halogens is 2. The fraction of sp³-hybridized carbons (Fsp3) is 0.750. The van der Waals surface area contributed by atoms with Gasteiger partial charge in [0.2, 0.25) is 0 Å². The second kappa shape index (κ2) is 8.25. The van der Waals surface area contributed by atoms with Gasteiger partial charge in [0.25, 0.3) is 5.92 Å². The number of rotatable bonds is 8. The lowest BCUT2D eigenvalue weighted by Gasteiger charge is -2.09. The van der Waals surface area contributed by atoms with E-state index in [4.69, 9.17) is 4.74 Å². The number of carbonyl (C=O) groups excluding carboxylic acids is 1. The van der Waals surface area contributed by atoms with Gasteiger partial charge in [0.1, 0.15) is 0 Å². The first-order chi connectivity index (χ1) is 7.48. The van der Waals surface area contributed by atoms with Crippen LogP contribution >= 0.6 is 0 Å². The van der Waals surface area contributed by atoms with E-state index in [1.807, 2.05) is 0 Å². The summed E-state index contributed by atoms with van der Waals surface area (Å²) in [6, 6.07) is 0. The topological polar surface area (TPSA) is 26.3 Å². The van der Waals surface area contributed by atoms with Gasteiger partial charge in [-0.25, -0.2) is 8.78 Å². The average molecular weight is 234 g/mol. The summed E-state index contributed by atoms with van der Waals surface area (Å²) in [6.45, 7) is 3.46. The molecule has 16 heavy (non-hydrogen) atoms. The Labute approximate surface area is 95.7 Å². The summed E-state index contributed by atoms with van der Waals surface area (Å²) in [5, 5.41) is 0. The van der Waals surface area contributed by atoms with E-state index in [0.29, 0.717) is 25.9 Å². The van der Waals surface area contributed by atoms with Crippen LogP contribution in [-0.2, 0) is 9.53 Å². The summed E-state index contributed by atoms with van der Waals surface area (Å²) >= 11 is 0. The molecule has 0 heterocycles. The molecule has 0 aliphatic carbocycles. The van der Waals surface area contributed by atoms with E-state index in [2.05, 4.69) is 0 Å². The van der Waals surface area contributed by atoms with Gasteiger partial charge in [0.15, 0.2) is 0 Å². The minimum Gasteiger partial charge on any atom is -0.466 e. The summed E-state index contributed by atoms with van der Waals surface area (Å²) in [4.78, 5) is 10.4. The fourth-order valence-corrected chi connectivity index (χ4v) is 1.25. The predicted molar refractivity (Wildman–Crippen MR) is 59.5 cm³/mol. The highest BCUT2D eigenvalue weighted by atomic mass is 19.3. The van der Waals surface area contributed by atoms with E-state index in [0.717, 1.165) is 12.5 Å². The van der Waals surface area contributed by atoms with E-state index >= 15 is 0 Å². The highest BCUT2D eigenvalue weighted by molar-refractivity contribution is 5.65. The van der Waals surface area contributed by atoms with E-state index in [1.165, 1.54) is 13.0 Å². The van der Waals surface area contributed by atoms with Gasteiger partial charge in [-0.05, 0) is 25.3 Å². The molecule has 0 aromatic carbocycles. The standard InChI is InChI=1S/C12H20F2O2/c1-3-8-12(13,14)9-6-4-5-7-10-16-11(2)15/h6,9H,3-5,7-8,10H2,1-2H3/b9-6-. The van der Waals surface area contributed by atoms with Gasteiger partial charge < -0.3 is 4.74 Å². The summed E-state index contributed by atoms with van der Waals surface area (Å²) in [7, 11) is 0. The van der Waals surface area contributed by atoms with Crippen molar-refractivity contribution < 1.29 is 18.3 Å². The first-order valence-electron chi connectivity index (χ1n) is 5.67. The summed E-state index contributed by atoms with van der Waals surface area (Å²) in [6.07, 6.45) is 4.92. The van der Waals surface area contributed by atoms with Gasteiger partial charge in [-0.3, -0.25) is 4.79 Å². The highest BCUT2D eigenvalue weighted by Gasteiger charge is 2.22. The Hall–Kier alpha value is -0.930. The molecule has 2 nitrogen and oxygen atoms in total. The van der Waals surface area contributed by atoms with E-state index in [-0.39, 0.29) is 12.4 Å². The zero-order chi connectivity index (χ0) is 12.4. The van der Waals surface area contributed by atoms with Crippen LogP contribution in [0.5, 0.6) is 0 Å². The fourth-order valence-electron chi connectivity index (χ4n) is 1.25. The Bertz CT molecular complexity index is 225. The van der Waals surface area contributed by atoms with Crippen molar-refractivity contribution in [2.45, 2.75) is 51.9 Å². The molecule has 0 aromatic heterocycles. The third kappa shape index (κ3) is 9.62. The molecule has 0 amide bonds. The largest absolute Gasteiger partial charge is 0.466 e. The van der Waals surface area contributed by atoms with Crippen molar-refractivity contribution in [3.63, 3.8) is 0 Å². The second-order valence-corrected chi connectivity index (χ2v) is 3.75. The number of ether oxygens (including phenoxy) is 1. The molecular weight excluding hydrogens is 214 g/mol. The number of carbonyl (C=O) groups is 1. The molecule has 94 valence electrons. The number of alkyl halides is 2. The average Bonchev–Trinajstić information content (AvgIpc) is 2.15. The van der Waals surface area contributed by atoms with E-state index < -0.39 is 5.92 Å². The lowest BCUT2D eigenvalue weighted by molar-refractivity contribution is -0.141. The first kappa shape index (κ1) is 15.1. The monoisotopic (exact) mass is 234 g/mol. The van der Waals surface area contributed by atoms with Crippen molar-refractivity contribution in [2.75, 3.05) is 6.61 Å². The maximum atomic E-state index is 12.9. The quantitative estimate of drug-likeness (QED) is 0.363. The lowest BCUT2D eigenvalue weighted by atomic mass is 10.1. The van der Waals surface area contributed by atoms with Gasteiger partial charge in [-0.15, -0.1) is 0 Å². The van der Waals surface area contributed by atoms with Gasteiger partial charge in [-0.2, -0.15) is 0 Å². The van der Waals surface area contributed by atoms with Crippen LogP contribution in [0.1, 0.15) is 46.0 Å². The molecule has 0 aromatic rings. The number of hydrogen-bond donors (Lipinski definition) is 0. The summed E-state index contributed by atoms with van der Waals surface area (Å²) < 4.78 is 30.6. The molecule has 0 rings (SSSR count). The molecule has 0 aliphatic rings. The Kier molecular flexibility index (Phi) is 7.77.